The minimum Gasteiger partial charge on any atom is -0.456 e. The highest BCUT2D eigenvalue weighted by Gasteiger charge is 2.22. The second-order valence-corrected chi connectivity index (χ2v) is 7.91. The van der Waals surface area contributed by atoms with Crippen LogP contribution in [-0.4, -0.2) is 0 Å². The standard InChI is InChI=1S/C26H26O/c1-16(2)19(5)20-11-13-23-25(15-20)27-24-14-17(3)10-12-22(24)26(23)21-9-7-6-8-18(21)4/h6-16,19H,3H2,1-2,4-5H3. The van der Waals surface area contributed by atoms with Crippen molar-refractivity contribution in [2.45, 2.75) is 33.6 Å². The summed E-state index contributed by atoms with van der Waals surface area (Å²) < 4.78 is 6.36. The highest BCUT2D eigenvalue weighted by Crippen LogP contribution is 2.39. The SMILES string of the molecule is C=c1ccc2c(c1)Oc1cc(C(C)C(C)C)ccc1C=2c1ccccc1C. The van der Waals surface area contributed by atoms with Gasteiger partial charge in [-0.3, -0.25) is 0 Å². The van der Waals surface area contributed by atoms with Crippen molar-refractivity contribution >= 4 is 12.2 Å². The van der Waals surface area contributed by atoms with Gasteiger partial charge in [-0.15, -0.1) is 0 Å². The Morgan fingerprint density at radius 3 is 2.33 bits per heavy atom. The molecule has 3 aromatic rings. The highest BCUT2D eigenvalue weighted by atomic mass is 16.5. The van der Waals surface area contributed by atoms with Gasteiger partial charge < -0.3 is 4.74 Å². The van der Waals surface area contributed by atoms with E-state index < -0.39 is 0 Å². The number of aryl methyl sites for hydroxylation is 1. The van der Waals surface area contributed by atoms with Gasteiger partial charge in [0.1, 0.15) is 11.5 Å². The maximum absolute atomic E-state index is 6.36. The lowest BCUT2D eigenvalue weighted by atomic mass is 9.86. The third-order valence-corrected chi connectivity index (χ3v) is 5.75. The molecule has 1 heteroatoms. The van der Waals surface area contributed by atoms with E-state index in [1.807, 2.05) is 6.07 Å². The highest BCUT2D eigenvalue weighted by molar-refractivity contribution is 5.86. The van der Waals surface area contributed by atoms with Gasteiger partial charge in [0.15, 0.2) is 0 Å². The first-order valence-corrected chi connectivity index (χ1v) is 9.67. The maximum atomic E-state index is 6.36. The Labute approximate surface area is 161 Å². The summed E-state index contributed by atoms with van der Waals surface area (Å²) in [5.74, 6) is 2.91. The van der Waals surface area contributed by atoms with Crippen LogP contribution in [0, 0.1) is 12.8 Å². The Hall–Kier alpha value is -2.80. The van der Waals surface area contributed by atoms with Crippen LogP contribution in [0.1, 0.15) is 48.9 Å². The van der Waals surface area contributed by atoms with Crippen molar-refractivity contribution in [3.8, 4) is 11.5 Å². The summed E-state index contributed by atoms with van der Waals surface area (Å²) in [5.41, 5.74) is 6.25. The molecule has 0 spiro atoms. The van der Waals surface area contributed by atoms with Crippen LogP contribution in [-0.2, 0) is 0 Å². The van der Waals surface area contributed by atoms with E-state index in [0.29, 0.717) is 11.8 Å². The van der Waals surface area contributed by atoms with Crippen LogP contribution in [0.2, 0.25) is 0 Å². The topological polar surface area (TPSA) is 9.23 Å². The molecule has 1 unspecified atom stereocenters. The lowest BCUT2D eigenvalue weighted by molar-refractivity contribution is 0.467. The predicted octanol–water partition coefficient (Wildman–Crippen LogP) is 5.52. The average Bonchev–Trinajstić information content (AvgIpc) is 2.65. The zero-order valence-electron chi connectivity index (χ0n) is 16.5. The molecule has 1 heterocycles. The Morgan fingerprint density at radius 2 is 1.59 bits per heavy atom. The van der Waals surface area contributed by atoms with E-state index in [9.17, 15) is 0 Å². The Bertz CT molecular complexity index is 1120. The molecular weight excluding hydrogens is 328 g/mol. The van der Waals surface area contributed by atoms with Gasteiger partial charge in [0, 0.05) is 16.4 Å². The molecule has 0 fully saturated rings. The van der Waals surface area contributed by atoms with Crippen LogP contribution in [0.4, 0.5) is 0 Å². The van der Waals surface area contributed by atoms with Gasteiger partial charge in [-0.1, -0.05) is 75.9 Å². The summed E-state index contributed by atoms with van der Waals surface area (Å²) in [6.07, 6.45) is 0. The Kier molecular flexibility index (Phi) is 4.39. The largest absolute Gasteiger partial charge is 0.456 e. The summed E-state index contributed by atoms with van der Waals surface area (Å²) in [6, 6.07) is 21.5. The molecule has 1 nitrogen and oxygen atoms in total. The fraction of sp³-hybridized carbons (Fsp3) is 0.231. The quantitative estimate of drug-likeness (QED) is 0.471. The molecule has 136 valence electrons. The number of benzene rings is 3. The van der Waals surface area contributed by atoms with Crippen molar-refractivity contribution in [1.82, 2.24) is 0 Å². The number of rotatable bonds is 3. The van der Waals surface area contributed by atoms with Crippen molar-refractivity contribution in [2.75, 3.05) is 0 Å². The molecule has 0 saturated carbocycles. The van der Waals surface area contributed by atoms with Gasteiger partial charge >= 0.3 is 0 Å². The summed E-state index contributed by atoms with van der Waals surface area (Å²) in [6.45, 7) is 13.1. The van der Waals surface area contributed by atoms with Crippen LogP contribution in [0.15, 0.2) is 60.7 Å². The summed E-state index contributed by atoms with van der Waals surface area (Å²) >= 11 is 0. The first-order chi connectivity index (χ1) is 13.0. The van der Waals surface area contributed by atoms with Crippen LogP contribution >= 0.6 is 0 Å². The van der Waals surface area contributed by atoms with E-state index in [-0.39, 0.29) is 0 Å². The molecule has 1 atom stereocenters. The van der Waals surface area contributed by atoms with E-state index >= 15 is 0 Å². The van der Waals surface area contributed by atoms with Crippen molar-refractivity contribution in [3.05, 3.63) is 93.4 Å². The molecule has 27 heavy (non-hydrogen) atoms. The Balaban J connectivity index is 2.02. The zero-order chi connectivity index (χ0) is 19.1. The normalized spacial score (nSPS) is 13.7. The fourth-order valence-electron chi connectivity index (χ4n) is 3.76. The molecule has 0 saturated heterocycles. The maximum Gasteiger partial charge on any atom is 0.135 e. The molecule has 0 bridgehead atoms. The first-order valence-electron chi connectivity index (χ1n) is 9.67. The second-order valence-electron chi connectivity index (χ2n) is 7.91. The van der Waals surface area contributed by atoms with Crippen LogP contribution in [0.3, 0.4) is 0 Å². The zero-order valence-corrected chi connectivity index (χ0v) is 16.5. The monoisotopic (exact) mass is 354 g/mol. The first kappa shape index (κ1) is 17.6. The van der Waals surface area contributed by atoms with E-state index in [4.69, 9.17) is 4.74 Å². The lowest BCUT2D eigenvalue weighted by Gasteiger charge is -2.24. The van der Waals surface area contributed by atoms with Gasteiger partial charge in [-0.25, -0.2) is 0 Å². The molecule has 0 aliphatic carbocycles. The molecule has 1 aliphatic rings. The van der Waals surface area contributed by atoms with Crippen molar-refractivity contribution < 1.29 is 4.74 Å². The molecule has 0 radical (unpaired) electrons. The summed E-state index contributed by atoms with van der Waals surface area (Å²) in [5, 5.41) is 2.10. The third-order valence-electron chi connectivity index (χ3n) is 5.75. The van der Waals surface area contributed by atoms with Crippen LogP contribution in [0.25, 0.3) is 12.2 Å². The van der Waals surface area contributed by atoms with Gasteiger partial charge in [0.25, 0.3) is 0 Å². The van der Waals surface area contributed by atoms with E-state index in [1.165, 1.54) is 22.3 Å². The predicted molar refractivity (Wildman–Crippen MR) is 114 cm³/mol. The van der Waals surface area contributed by atoms with Gasteiger partial charge in [-0.05, 0) is 52.8 Å². The number of hydrogen-bond donors (Lipinski definition) is 0. The molecule has 4 rings (SSSR count). The molecule has 1 aliphatic heterocycles. The van der Waals surface area contributed by atoms with Crippen LogP contribution in [0.5, 0.6) is 11.5 Å². The summed E-state index contributed by atoms with van der Waals surface area (Å²) in [7, 11) is 0. The van der Waals surface area contributed by atoms with E-state index in [1.54, 1.807) is 0 Å². The lowest BCUT2D eigenvalue weighted by Crippen LogP contribution is -2.20. The van der Waals surface area contributed by atoms with Crippen LogP contribution < -0.4 is 15.2 Å². The smallest absolute Gasteiger partial charge is 0.135 e. The molecule has 0 aromatic heterocycles. The molecule has 0 amide bonds. The number of hydrogen-bond acceptors (Lipinski definition) is 1. The molecular formula is C26H26O. The fourth-order valence-corrected chi connectivity index (χ4v) is 3.76. The number of ether oxygens (including phenoxy) is 1. The average molecular weight is 354 g/mol. The van der Waals surface area contributed by atoms with Crippen molar-refractivity contribution in [1.29, 1.82) is 0 Å². The molecule has 0 N–H and O–H groups in total. The van der Waals surface area contributed by atoms with E-state index in [0.717, 1.165) is 27.5 Å². The van der Waals surface area contributed by atoms with Gasteiger partial charge in [0.05, 0.1) is 0 Å². The van der Waals surface area contributed by atoms with Crippen molar-refractivity contribution in [3.63, 3.8) is 0 Å². The number of fused-ring (bicyclic) bond motifs is 2. The van der Waals surface area contributed by atoms with E-state index in [2.05, 4.69) is 88.9 Å². The summed E-state index contributed by atoms with van der Waals surface area (Å²) in [4.78, 5) is 0. The Morgan fingerprint density at radius 1 is 0.815 bits per heavy atom. The minimum atomic E-state index is 0.487. The molecule has 3 aromatic carbocycles. The van der Waals surface area contributed by atoms with Gasteiger partial charge in [0.2, 0.25) is 0 Å². The van der Waals surface area contributed by atoms with Crippen molar-refractivity contribution in [2.24, 2.45) is 5.92 Å². The minimum absolute atomic E-state index is 0.487. The third kappa shape index (κ3) is 3.08. The second kappa shape index (κ2) is 6.74. The van der Waals surface area contributed by atoms with Gasteiger partial charge in [-0.2, -0.15) is 0 Å².